The van der Waals surface area contributed by atoms with Crippen LogP contribution < -0.4 is 16.0 Å². The second-order valence-corrected chi connectivity index (χ2v) is 18.0. The number of rotatable bonds is 23. The Morgan fingerprint density at radius 3 is 2.14 bits per heavy atom. The maximum absolute atomic E-state index is 14.3. The average molecular weight is 873 g/mol. The highest BCUT2D eigenvalue weighted by Gasteiger charge is 2.35. The molecule has 0 aliphatic carbocycles. The molecule has 2 heterocycles. The van der Waals surface area contributed by atoms with Gasteiger partial charge in [0.2, 0.25) is 5.91 Å². The lowest BCUT2D eigenvalue weighted by atomic mass is 9.92. The zero-order chi connectivity index (χ0) is 43.0. The molecule has 5 atom stereocenters. The lowest BCUT2D eigenvalue weighted by Crippen LogP contribution is -2.56. The van der Waals surface area contributed by atoms with Gasteiger partial charge in [-0.25, -0.2) is 19.1 Å². The molecule has 5 N–H and O–H groups in total. The fraction of sp³-hybridized carbons (Fsp3) is 0.488. The molecule has 0 aliphatic rings. The number of phosphoric acid groups is 1. The molecule has 2 aromatic carbocycles. The minimum atomic E-state index is -5.01. The van der Waals surface area contributed by atoms with Crippen molar-refractivity contribution in [2.75, 3.05) is 7.05 Å². The molecule has 322 valence electrons. The number of carbonyl (C=O) groups excluding carboxylic acids is 3. The predicted octanol–water partition coefficient (Wildman–Crippen LogP) is 7.17. The van der Waals surface area contributed by atoms with Crippen LogP contribution in [-0.2, 0) is 49.4 Å². The lowest BCUT2D eigenvalue weighted by molar-refractivity contribution is -0.144. The summed E-state index contributed by atoms with van der Waals surface area (Å²) in [7, 11) is -3.37. The minimum Gasteiger partial charge on any atom is -0.444 e. The fourth-order valence-corrected chi connectivity index (χ4v) is 8.04. The highest BCUT2D eigenvalue weighted by molar-refractivity contribution is 7.46. The van der Waals surface area contributed by atoms with Gasteiger partial charge in [0.05, 0.1) is 39.8 Å². The van der Waals surface area contributed by atoms with Gasteiger partial charge in [0, 0.05) is 30.6 Å². The third kappa shape index (κ3) is 16.8. The summed E-state index contributed by atoms with van der Waals surface area (Å²) in [6.07, 6.45) is -0.306. The number of hydrogen-bond acceptors (Lipinski definition) is 11. The summed E-state index contributed by atoms with van der Waals surface area (Å²) >= 11 is 2.88. The Kier molecular flexibility index (Phi) is 18.9. The molecular formula is C41H57N6O9PS2. The molecule has 0 saturated carbocycles. The summed E-state index contributed by atoms with van der Waals surface area (Å²) in [4.78, 5) is 71.8. The first-order valence-electron chi connectivity index (χ1n) is 19.6. The van der Waals surface area contributed by atoms with Crippen molar-refractivity contribution in [1.29, 1.82) is 0 Å². The van der Waals surface area contributed by atoms with Gasteiger partial charge >= 0.3 is 19.9 Å². The lowest BCUT2D eigenvalue weighted by Gasteiger charge is -2.35. The molecule has 0 saturated heterocycles. The van der Waals surface area contributed by atoms with Crippen LogP contribution in [0.4, 0.5) is 9.59 Å². The molecule has 15 nitrogen and oxygen atoms in total. The highest BCUT2D eigenvalue weighted by atomic mass is 32.1. The smallest absolute Gasteiger partial charge is 0.444 e. The molecule has 4 amide bonds. The number of urea groups is 1. The zero-order valence-corrected chi connectivity index (χ0v) is 36.9. The highest BCUT2D eigenvalue weighted by Crippen LogP contribution is 2.39. The number of benzene rings is 2. The number of nitrogens with zero attached hydrogens (tertiary/aromatic N) is 3. The van der Waals surface area contributed by atoms with E-state index in [0.29, 0.717) is 12.8 Å². The molecule has 0 bridgehead atoms. The molecule has 18 heteroatoms. The molecule has 0 spiro atoms. The first-order chi connectivity index (χ1) is 28.1. The molecule has 3 unspecified atom stereocenters. The van der Waals surface area contributed by atoms with E-state index >= 15 is 0 Å². The fourth-order valence-electron chi connectivity index (χ4n) is 6.25. The molecule has 0 radical (unpaired) electrons. The van der Waals surface area contributed by atoms with Gasteiger partial charge in [-0.05, 0) is 42.7 Å². The van der Waals surface area contributed by atoms with Gasteiger partial charge in [-0.1, -0.05) is 102 Å². The summed E-state index contributed by atoms with van der Waals surface area (Å²) in [6, 6.07) is 16.0. The number of phosphoric ester groups is 1. The van der Waals surface area contributed by atoms with Gasteiger partial charge in [-0.3, -0.25) is 14.3 Å². The molecular weight excluding hydrogens is 816 g/mol. The molecule has 4 rings (SSSR count). The first kappa shape index (κ1) is 47.5. The van der Waals surface area contributed by atoms with Crippen molar-refractivity contribution < 1.29 is 42.7 Å². The van der Waals surface area contributed by atoms with Crippen molar-refractivity contribution in [3.63, 3.8) is 0 Å². The summed E-state index contributed by atoms with van der Waals surface area (Å²) in [6.45, 7) is 9.85. The Bertz CT molecular complexity index is 1910. The van der Waals surface area contributed by atoms with Crippen LogP contribution in [-0.4, -0.2) is 80.3 Å². The van der Waals surface area contributed by atoms with Crippen LogP contribution in [0, 0.1) is 5.92 Å². The number of aromatic nitrogens is 2. The number of carbonyl (C=O) groups is 3. The Morgan fingerprint density at radius 2 is 1.58 bits per heavy atom. The Labute approximate surface area is 354 Å². The molecule has 0 fully saturated rings. The minimum absolute atomic E-state index is 0.0210. The summed E-state index contributed by atoms with van der Waals surface area (Å²) in [5.41, 5.74) is 4.11. The zero-order valence-electron chi connectivity index (χ0n) is 34.4. The van der Waals surface area contributed by atoms with Gasteiger partial charge in [-0.15, -0.1) is 22.7 Å². The number of hydrogen-bond donors (Lipinski definition) is 5. The third-order valence-electron chi connectivity index (χ3n) is 9.21. The molecule has 0 aliphatic heterocycles. The van der Waals surface area contributed by atoms with Gasteiger partial charge in [0.15, 0.2) is 6.29 Å². The van der Waals surface area contributed by atoms with Crippen molar-refractivity contribution in [3.8, 4) is 0 Å². The topological polar surface area (TPSA) is 202 Å². The standard InChI is InChI=1S/C41H57N6O9PS2/c1-7-14-36(56-57(51,52)53)55-35(34(20-30-17-12-9-13-18-30)45-41(50)54-24-33-22-42-26-59-33)21-31(19-29-15-10-8-11-16-29)43-38(48)37(27(2)3)46-40(49)47(6)23-32-25-58-39(44-32)28(4)5/h8-13,15-18,22,25-28,31,34-37H,7,14,19-21,23-24H2,1-6H3,(H,43,48)(H,45,50)(H,46,49)(H2,51,52,53)/t31-,34?,35?,36?,37-/m0/s1. The van der Waals surface area contributed by atoms with Crippen molar-refractivity contribution in [3.05, 3.63) is 104 Å². The third-order valence-corrected chi connectivity index (χ3v) is 11.7. The Morgan fingerprint density at radius 1 is 0.915 bits per heavy atom. The SMILES string of the molecule is CCCC(OC(C[C@H](Cc1ccccc1)NC(=O)[C@@H](NC(=O)N(C)Cc1csc(C(C)C)n1)C(C)C)C(Cc1ccccc1)NC(=O)OCc1cncs1)OP(=O)(O)O. The van der Waals surface area contributed by atoms with Crippen LogP contribution in [0.1, 0.15) is 86.5 Å². The van der Waals surface area contributed by atoms with Crippen LogP contribution in [0.15, 0.2) is 77.8 Å². The predicted molar refractivity (Wildman–Crippen MR) is 228 cm³/mol. The van der Waals surface area contributed by atoms with E-state index in [1.165, 1.54) is 16.2 Å². The van der Waals surface area contributed by atoms with Crippen LogP contribution in [0.3, 0.4) is 0 Å². The van der Waals surface area contributed by atoms with Crippen LogP contribution in [0.5, 0.6) is 0 Å². The van der Waals surface area contributed by atoms with E-state index in [-0.39, 0.29) is 44.2 Å². The maximum Gasteiger partial charge on any atom is 0.471 e. The van der Waals surface area contributed by atoms with Crippen LogP contribution in [0.2, 0.25) is 0 Å². The number of ether oxygens (including phenoxy) is 2. The monoisotopic (exact) mass is 872 g/mol. The summed E-state index contributed by atoms with van der Waals surface area (Å²) in [5, 5.41) is 11.9. The Hall–Kier alpha value is -4.22. The maximum atomic E-state index is 14.3. The van der Waals surface area contributed by atoms with Crippen LogP contribution in [0.25, 0.3) is 0 Å². The largest absolute Gasteiger partial charge is 0.471 e. The van der Waals surface area contributed by atoms with Crippen molar-refractivity contribution in [2.24, 2.45) is 5.92 Å². The van der Waals surface area contributed by atoms with E-state index in [2.05, 4.69) is 39.8 Å². The Balaban J connectivity index is 1.65. The number of thiazole rings is 2. The van der Waals surface area contributed by atoms with E-state index < -0.39 is 56.4 Å². The van der Waals surface area contributed by atoms with Crippen molar-refractivity contribution in [2.45, 2.75) is 116 Å². The molecule has 59 heavy (non-hydrogen) atoms. The van der Waals surface area contributed by atoms with E-state index in [1.54, 1.807) is 30.1 Å². The number of alkyl carbamates (subject to hydrolysis) is 1. The van der Waals surface area contributed by atoms with Crippen molar-refractivity contribution >= 4 is 48.5 Å². The quantitative estimate of drug-likeness (QED) is 0.0374. The van der Waals surface area contributed by atoms with E-state index in [0.717, 1.165) is 26.7 Å². The van der Waals surface area contributed by atoms with E-state index in [9.17, 15) is 28.7 Å². The molecule has 4 aromatic rings. The average Bonchev–Trinajstić information content (AvgIpc) is 3.89. The van der Waals surface area contributed by atoms with Crippen molar-refractivity contribution in [1.82, 2.24) is 30.8 Å². The second kappa shape index (κ2) is 23.5. The van der Waals surface area contributed by atoms with Gasteiger partial charge < -0.3 is 40.1 Å². The number of nitrogens with one attached hydrogen (secondary N) is 3. The summed E-state index contributed by atoms with van der Waals surface area (Å²) < 4.78 is 29.3. The van der Waals surface area contributed by atoms with Crippen LogP contribution >= 0.6 is 30.5 Å². The first-order valence-corrected chi connectivity index (χ1v) is 22.9. The van der Waals surface area contributed by atoms with Gasteiger partial charge in [0.1, 0.15) is 12.6 Å². The second-order valence-electron chi connectivity index (χ2n) is 15.0. The van der Waals surface area contributed by atoms with E-state index in [1.807, 2.05) is 86.8 Å². The number of amides is 4. The molecule has 2 aromatic heterocycles. The van der Waals surface area contributed by atoms with E-state index in [4.69, 9.17) is 14.0 Å². The normalized spacial score (nSPS) is 14.3. The summed E-state index contributed by atoms with van der Waals surface area (Å²) in [5.74, 6) is -0.487. The van der Waals surface area contributed by atoms with Gasteiger partial charge in [-0.2, -0.15) is 0 Å². The van der Waals surface area contributed by atoms with Gasteiger partial charge in [0.25, 0.3) is 0 Å².